The summed E-state index contributed by atoms with van der Waals surface area (Å²) in [6.45, 7) is 4.11. The highest BCUT2D eigenvalue weighted by Crippen LogP contribution is 2.38. The van der Waals surface area contributed by atoms with E-state index in [0.29, 0.717) is 33.7 Å². The third-order valence-corrected chi connectivity index (χ3v) is 6.68. The molecule has 3 aromatic carbocycles. The Bertz CT molecular complexity index is 1370. The molecule has 0 atom stereocenters. The van der Waals surface area contributed by atoms with Crippen molar-refractivity contribution in [2.45, 2.75) is 18.7 Å². The lowest BCUT2D eigenvalue weighted by Crippen LogP contribution is -2.17. The quantitative estimate of drug-likeness (QED) is 0.211. The fourth-order valence-corrected chi connectivity index (χ4v) is 4.68. The lowest BCUT2D eigenvalue weighted by atomic mass is 10.2. The molecule has 0 fully saturated rings. The molecule has 1 N–H and O–H groups in total. The maximum absolute atomic E-state index is 12.7. The second-order valence-corrected chi connectivity index (χ2v) is 9.78. The van der Waals surface area contributed by atoms with Crippen LogP contribution in [0, 0.1) is 6.92 Å². The van der Waals surface area contributed by atoms with Crippen molar-refractivity contribution in [1.82, 2.24) is 5.43 Å². The summed E-state index contributed by atoms with van der Waals surface area (Å²) in [5.74, 6) is 0.650. The van der Waals surface area contributed by atoms with Crippen molar-refractivity contribution in [2.75, 3.05) is 20.8 Å². The van der Waals surface area contributed by atoms with Gasteiger partial charge in [0, 0.05) is 5.56 Å². The number of carbonyl (C=O) groups is 1. The minimum Gasteiger partial charge on any atom is -0.493 e. The largest absolute Gasteiger partial charge is 0.493 e. The normalized spacial score (nSPS) is 11.2. The third kappa shape index (κ3) is 6.55. The van der Waals surface area contributed by atoms with E-state index in [1.165, 1.54) is 38.6 Å². The number of hydrazone groups is 1. The Kier molecular flexibility index (Phi) is 8.94. The summed E-state index contributed by atoms with van der Waals surface area (Å²) >= 11 is 3.33. The van der Waals surface area contributed by atoms with Crippen molar-refractivity contribution in [3.05, 3.63) is 75.8 Å². The Morgan fingerprint density at radius 1 is 1.00 bits per heavy atom. The minimum absolute atomic E-state index is 0.0130. The average molecular weight is 577 g/mol. The molecule has 0 bridgehead atoms. The highest BCUT2D eigenvalue weighted by molar-refractivity contribution is 9.10. The van der Waals surface area contributed by atoms with Gasteiger partial charge in [-0.2, -0.15) is 13.5 Å². The number of hydrogen-bond donors (Lipinski definition) is 1. The van der Waals surface area contributed by atoms with Gasteiger partial charge in [-0.1, -0.05) is 17.7 Å². The number of methoxy groups -OCH3 is 2. The van der Waals surface area contributed by atoms with Gasteiger partial charge in [0.1, 0.15) is 4.90 Å². The van der Waals surface area contributed by atoms with Crippen molar-refractivity contribution in [3.63, 3.8) is 0 Å². The lowest BCUT2D eigenvalue weighted by molar-refractivity contribution is 0.0954. The van der Waals surface area contributed by atoms with Gasteiger partial charge in [-0.05, 0) is 77.8 Å². The van der Waals surface area contributed by atoms with Gasteiger partial charge in [-0.15, -0.1) is 0 Å². The highest BCUT2D eigenvalue weighted by atomic mass is 79.9. The summed E-state index contributed by atoms with van der Waals surface area (Å²) in [4.78, 5) is 12.5. The highest BCUT2D eigenvalue weighted by Gasteiger charge is 2.22. The molecule has 190 valence electrons. The van der Waals surface area contributed by atoms with Gasteiger partial charge in [0.25, 0.3) is 5.91 Å². The van der Waals surface area contributed by atoms with Crippen molar-refractivity contribution >= 4 is 38.2 Å². The Balaban J connectivity index is 1.77. The monoisotopic (exact) mass is 576 g/mol. The summed E-state index contributed by atoms with van der Waals surface area (Å²) in [5, 5.41) is 3.98. The van der Waals surface area contributed by atoms with Crippen LogP contribution in [0.15, 0.2) is 69.1 Å². The van der Waals surface area contributed by atoms with E-state index in [1.807, 2.05) is 13.8 Å². The van der Waals surface area contributed by atoms with Crippen LogP contribution in [0.5, 0.6) is 23.0 Å². The van der Waals surface area contributed by atoms with E-state index >= 15 is 0 Å². The van der Waals surface area contributed by atoms with E-state index in [2.05, 4.69) is 26.5 Å². The molecule has 1 amide bonds. The number of amides is 1. The first-order chi connectivity index (χ1) is 17.2. The van der Waals surface area contributed by atoms with E-state index in [9.17, 15) is 13.2 Å². The van der Waals surface area contributed by atoms with Crippen LogP contribution in [0.4, 0.5) is 0 Å². The Morgan fingerprint density at radius 2 is 1.69 bits per heavy atom. The zero-order valence-electron chi connectivity index (χ0n) is 20.1. The van der Waals surface area contributed by atoms with E-state index in [1.54, 1.807) is 36.4 Å². The number of ether oxygens (including phenoxy) is 3. The molecule has 0 aliphatic rings. The second kappa shape index (κ2) is 11.9. The summed E-state index contributed by atoms with van der Waals surface area (Å²) in [7, 11) is -1.19. The number of carbonyl (C=O) groups excluding carboxylic acids is 1. The molecule has 3 aromatic rings. The van der Waals surface area contributed by atoms with Gasteiger partial charge in [-0.25, -0.2) is 5.43 Å². The van der Waals surface area contributed by atoms with Gasteiger partial charge in [0.15, 0.2) is 23.0 Å². The van der Waals surface area contributed by atoms with E-state index in [4.69, 9.17) is 18.4 Å². The number of halogens is 1. The van der Waals surface area contributed by atoms with Gasteiger partial charge in [-0.3, -0.25) is 4.79 Å². The number of aryl methyl sites for hydroxylation is 1. The second-order valence-electron chi connectivity index (χ2n) is 7.38. The molecule has 0 aromatic heterocycles. The van der Waals surface area contributed by atoms with Crippen molar-refractivity contribution in [3.8, 4) is 23.0 Å². The number of benzene rings is 3. The van der Waals surface area contributed by atoms with Crippen LogP contribution in [0.2, 0.25) is 0 Å². The standard InChI is InChI=1S/C25H25BrN2O7S/c1-5-34-22-14-18(8-11-21(22)32-3)25(29)28-27-15-17-12-20(26)24(23(13-17)33-4)35-36(30,31)19-9-6-16(2)7-10-19/h6-15H,5H2,1-4H3,(H,28,29)/b27-15+. The van der Waals surface area contributed by atoms with Gasteiger partial charge in [0.05, 0.1) is 31.5 Å². The molecule has 0 radical (unpaired) electrons. The topological polar surface area (TPSA) is 113 Å². The van der Waals surface area contributed by atoms with Gasteiger partial charge < -0.3 is 18.4 Å². The fraction of sp³-hybridized carbons (Fsp3) is 0.200. The first kappa shape index (κ1) is 27.0. The van der Waals surface area contributed by atoms with Crippen LogP contribution in [0.3, 0.4) is 0 Å². The SMILES string of the molecule is CCOc1cc(C(=O)N/N=C/c2cc(Br)c(OS(=O)(=O)c3ccc(C)cc3)c(OC)c2)ccc1OC. The smallest absolute Gasteiger partial charge is 0.339 e. The minimum atomic E-state index is -4.09. The van der Waals surface area contributed by atoms with Crippen LogP contribution in [-0.2, 0) is 10.1 Å². The van der Waals surface area contributed by atoms with Crippen molar-refractivity contribution in [2.24, 2.45) is 5.10 Å². The summed E-state index contributed by atoms with van der Waals surface area (Å²) in [6.07, 6.45) is 1.39. The summed E-state index contributed by atoms with van der Waals surface area (Å²) < 4.78 is 47.1. The number of hydrogen-bond acceptors (Lipinski definition) is 8. The predicted molar refractivity (Wildman–Crippen MR) is 139 cm³/mol. The van der Waals surface area contributed by atoms with Crippen LogP contribution >= 0.6 is 15.9 Å². The Hall–Kier alpha value is -3.57. The van der Waals surface area contributed by atoms with Crippen LogP contribution in [0.1, 0.15) is 28.4 Å². The molecule has 36 heavy (non-hydrogen) atoms. The molecule has 0 aliphatic heterocycles. The molecule has 0 unspecified atom stereocenters. The van der Waals surface area contributed by atoms with Crippen LogP contribution in [0.25, 0.3) is 0 Å². The molecule has 0 saturated carbocycles. The predicted octanol–water partition coefficient (Wildman–Crippen LogP) is 4.71. The Morgan fingerprint density at radius 3 is 2.33 bits per heavy atom. The van der Waals surface area contributed by atoms with Gasteiger partial charge in [0.2, 0.25) is 0 Å². The molecular weight excluding hydrogens is 552 g/mol. The first-order valence-corrected chi connectivity index (χ1v) is 12.9. The van der Waals surface area contributed by atoms with Crippen LogP contribution in [-0.4, -0.2) is 41.4 Å². The Labute approximate surface area is 218 Å². The number of rotatable bonds is 10. The van der Waals surface area contributed by atoms with E-state index in [-0.39, 0.29) is 16.4 Å². The summed E-state index contributed by atoms with van der Waals surface area (Å²) in [6, 6.07) is 14.2. The third-order valence-electron chi connectivity index (χ3n) is 4.86. The fourth-order valence-electron chi connectivity index (χ4n) is 3.07. The molecule has 0 spiro atoms. The zero-order chi connectivity index (χ0) is 26.3. The molecule has 11 heteroatoms. The lowest BCUT2D eigenvalue weighted by Gasteiger charge is -2.13. The maximum Gasteiger partial charge on any atom is 0.339 e. The number of nitrogens with zero attached hydrogens (tertiary/aromatic N) is 1. The molecule has 0 aliphatic carbocycles. The molecule has 0 saturated heterocycles. The molecular formula is C25H25BrN2O7S. The van der Waals surface area contributed by atoms with E-state index in [0.717, 1.165) is 5.56 Å². The number of nitrogens with one attached hydrogen (secondary N) is 1. The first-order valence-electron chi connectivity index (χ1n) is 10.7. The van der Waals surface area contributed by atoms with E-state index < -0.39 is 16.0 Å². The van der Waals surface area contributed by atoms with Crippen LogP contribution < -0.4 is 23.8 Å². The summed E-state index contributed by atoms with van der Waals surface area (Å²) in [5.41, 5.74) is 4.21. The molecule has 0 heterocycles. The maximum atomic E-state index is 12.7. The molecule has 9 nitrogen and oxygen atoms in total. The van der Waals surface area contributed by atoms with Crippen molar-refractivity contribution in [1.29, 1.82) is 0 Å². The molecule has 3 rings (SSSR count). The van der Waals surface area contributed by atoms with Gasteiger partial charge >= 0.3 is 10.1 Å². The zero-order valence-corrected chi connectivity index (χ0v) is 22.5. The average Bonchev–Trinajstić information content (AvgIpc) is 2.85. The van der Waals surface area contributed by atoms with Crippen molar-refractivity contribution < 1.29 is 31.6 Å².